The number of anilines is 1. The van der Waals surface area contributed by atoms with Gasteiger partial charge in [-0.05, 0) is 42.6 Å². The van der Waals surface area contributed by atoms with Crippen LogP contribution < -0.4 is 10.9 Å². The quantitative estimate of drug-likeness (QED) is 0.689. The van der Waals surface area contributed by atoms with Crippen LogP contribution in [0, 0.1) is 12.7 Å². The van der Waals surface area contributed by atoms with E-state index in [-0.39, 0.29) is 29.9 Å². The van der Waals surface area contributed by atoms with Gasteiger partial charge in [-0.1, -0.05) is 18.2 Å². The number of Topliss-reactive ketones (excluding diaryl/α,β-unsaturated/α-hetero) is 1. The molecule has 3 rings (SSSR count). The number of benzene rings is 2. The highest BCUT2D eigenvalue weighted by Gasteiger charge is 2.13. The van der Waals surface area contributed by atoms with Crippen LogP contribution in [0.5, 0.6) is 0 Å². The van der Waals surface area contributed by atoms with Crippen molar-refractivity contribution in [1.82, 2.24) is 4.98 Å². The van der Waals surface area contributed by atoms with Gasteiger partial charge in [0, 0.05) is 24.1 Å². The minimum atomic E-state index is -0.591. The molecule has 26 heavy (non-hydrogen) atoms. The van der Waals surface area contributed by atoms with E-state index in [1.54, 1.807) is 37.3 Å². The van der Waals surface area contributed by atoms with Crippen LogP contribution >= 0.6 is 0 Å². The predicted octanol–water partition coefficient (Wildman–Crippen LogP) is 3.58. The van der Waals surface area contributed by atoms with Crippen LogP contribution in [0.1, 0.15) is 28.8 Å². The van der Waals surface area contributed by atoms with Gasteiger partial charge < -0.3 is 10.3 Å². The topological polar surface area (TPSA) is 79.0 Å². The third-order valence-corrected chi connectivity index (χ3v) is 4.07. The number of ketones is 1. The molecular formula is C20H17FN2O3. The zero-order valence-electron chi connectivity index (χ0n) is 14.1. The third kappa shape index (κ3) is 3.85. The Morgan fingerprint density at radius 3 is 2.62 bits per heavy atom. The van der Waals surface area contributed by atoms with Crippen molar-refractivity contribution in [2.45, 2.75) is 19.8 Å². The predicted molar refractivity (Wildman–Crippen MR) is 97.9 cm³/mol. The molecule has 0 aliphatic carbocycles. The summed E-state index contributed by atoms with van der Waals surface area (Å²) in [5.41, 5.74) is 1.54. The Balaban J connectivity index is 1.65. The van der Waals surface area contributed by atoms with E-state index in [9.17, 15) is 18.8 Å². The molecule has 3 aromatic rings. The summed E-state index contributed by atoms with van der Waals surface area (Å²) >= 11 is 0. The van der Waals surface area contributed by atoms with E-state index in [0.717, 1.165) is 5.39 Å². The van der Waals surface area contributed by atoms with Crippen LogP contribution in [0.3, 0.4) is 0 Å². The Labute approximate surface area is 148 Å². The minimum Gasteiger partial charge on any atom is -0.326 e. The SMILES string of the molecule is Cc1cc2ccc(NC(=O)CCC(=O)c3ccccc3F)cc2[nH]c1=O. The number of halogens is 1. The number of hydrogen-bond acceptors (Lipinski definition) is 3. The van der Waals surface area contributed by atoms with Gasteiger partial charge in [-0.15, -0.1) is 0 Å². The molecule has 0 aliphatic rings. The Bertz CT molecular complexity index is 1060. The van der Waals surface area contributed by atoms with Crippen LogP contribution in [0.4, 0.5) is 10.1 Å². The van der Waals surface area contributed by atoms with Gasteiger partial charge in [0.1, 0.15) is 5.82 Å². The molecule has 0 saturated heterocycles. The van der Waals surface area contributed by atoms with Crippen LogP contribution in [0.25, 0.3) is 10.9 Å². The average molecular weight is 352 g/mol. The molecule has 0 saturated carbocycles. The highest BCUT2D eigenvalue weighted by atomic mass is 19.1. The van der Waals surface area contributed by atoms with Gasteiger partial charge in [0.05, 0.1) is 11.1 Å². The number of fused-ring (bicyclic) bond motifs is 1. The fourth-order valence-electron chi connectivity index (χ4n) is 2.66. The second-order valence-electron chi connectivity index (χ2n) is 6.03. The van der Waals surface area contributed by atoms with E-state index < -0.39 is 11.6 Å². The second-order valence-corrected chi connectivity index (χ2v) is 6.03. The van der Waals surface area contributed by atoms with Crippen molar-refractivity contribution in [3.8, 4) is 0 Å². The Morgan fingerprint density at radius 1 is 1.08 bits per heavy atom. The largest absolute Gasteiger partial charge is 0.326 e. The van der Waals surface area contributed by atoms with Crippen molar-refractivity contribution in [2.75, 3.05) is 5.32 Å². The minimum absolute atomic E-state index is 0.0149. The first-order valence-electron chi connectivity index (χ1n) is 8.15. The maximum Gasteiger partial charge on any atom is 0.251 e. The Hall–Kier alpha value is -3.28. The number of aromatic amines is 1. The van der Waals surface area contributed by atoms with E-state index in [0.29, 0.717) is 16.8 Å². The van der Waals surface area contributed by atoms with E-state index in [1.165, 1.54) is 18.2 Å². The van der Waals surface area contributed by atoms with E-state index in [4.69, 9.17) is 0 Å². The number of hydrogen-bond donors (Lipinski definition) is 2. The van der Waals surface area contributed by atoms with Gasteiger partial charge >= 0.3 is 0 Å². The third-order valence-electron chi connectivity index (χ3n) is 4.07. The fraction of sp³-hybridized carbons (Fsp3) is 0.150. The Morgan fingerprint density at radius 2 is 1.85 bits per heavy atom. The van der Waals surface area contributed by atoms with Gasteiger partial charge in [-0.3, -0.25) is 14.4 Å². The molecule has 1 heterocycles. The lowest BCUT2D eigenvalue weighted by molar-refractivity contribution is -0.116. The van der Waals surface area contributed by atoms with E-state index in [1.807, 2.05) is 0 Å². The Kier molecular flexibility index (Phi) is 4.93. The van der Waals surface area contributed by atoms with Gasteiger partial charge in [0.25, 0.3) is 5.56 Å². The van der Waals surface area contributed by atoms with Crippen LogP contribution in [0.15, 0.2) is 53.3 Å². The summed E-state index contributed by atoms with van der Waals surface area (Å²) in [6.45, 7) is 1.72. The summed E-state index contributed by atoms with van der Waals surface area (Å²) in [4.78, 5) is 38.5. The molecule has 0 fully saturated rings. The number of aromatic nitrogens is 1. The maximum atomic E-state index is 13.6. The molecule has 1 amide bonds. The molecule has 132 valence electrons. The van der Waals surface area contributed by atoms with Gasteiger partial charge in [-0.25, -0.2) is 4.39 Å². The van der Waals surface area contributed by atoms with Crippen molar-refractivity contribution < 1.29 is 14.0 Å². The molecule has 0 radical (unpaired) electrons. The van der Waals surface area contributed by atoms with Crippen LogP contribution in [-0.2, 0) is 4.79 Å². The van der Waals surface area contributed by atoms with Crippen molar-refractivity contribution in [3.63, 3.8) is 0 Å². The zero-order valence-corrected chi connectivity index (χ0v) is 14.1. The number of pyridine rings is 1. The van der Waals surface area contributed by atoms with Gasteiger partial charge in [0.15, 0.2) is 5.78 Å². The first-order chi connectivity index (χ1) is 12.4. The maximum absolute atomic E-state index is 13.6. The molecule has 0 atom stereocenters. The number of amides is 1. The first-order valence-corrected chi connectivity index (χ1v) is 8.15. The highest BCUT2D eigenvalue weighted by Crippen LogP contribution is 2.17. The molecule has 5 nitrogen and oxygen atoms in total. The molecule has 0 unspecified atom stereocenters. The molecule has 2 N–H and O–H groups in total. The van der Waals surface area contributed by atoms with Crippen molar-refractivity contribution in [1.29, 1.82) is 0 Å². The summed E-state index contributed by atoms with van der Waals surface area (Å²) in [5.74, 6) is -1.37. The molecule has 0 aliphatic heterocycles. The lowest BCUT2D eigenvalue weighted by Gasteiger charge is -2.07. The van der Waals surface area contributed by atoms with Gasteiger partial charge in [0.2, 0.25) is 5.91 Å². The monoisotopic (exact) mass is 352 g/mol. The molecular weight excluding hydrogens is 335 g/mol. The zero-order chi connectivity index (χ0) is 18.7. The number of aryl methyl sites for hydroxylation is 1. The van der Waals surface area contributed by atoms with E-state index in [2.05, 4.69) is 10.3 Å². The van der Waals surface area contributed by atoms with Crippen molar-refractivity contribution in [3.05, 3.63) is 75.8 Å². The second kappa shape index (κ2) is 7.31. The number of rotatable bonds is 5. The molecule has 0 bridgehead atoms. The molecule has 6 heteroatoms. The van der Waals surface area contributed by atoms with Crippen LogP contribution in [-0.4, -0.2) is 16.7 Å². The molecule has 1 aromatic heterocycles. The summed E-state index contributed by atoms with van der Waals surface area (Å²) in [6, 6.07) is 12.6. The highest BCUT2D eigenvalue weighted by molar-refractivity contribution is 6.00. The van der Waals surface area contributed by atoms with Crippen LogP contribution in [0.2, 0.25) is 0 Å². The van der Waals surface area contributed by atoms with E-state index >= 15 is 0 Å². The van der Waals surface area contributed by atoms with Crippen molar-refractivity contribution >= 4 is 28.3 Å². The average Bonchev–Trinajstić information content (AvgIpc) is 2.61. The first kappa shape index (κ1) is 17.5. The molecule has 0 spiro atoms. The lowest BCUT2D eigenvalue weighted by Crippen LogP contribution is -2.14. The normalized spacial score (nSPS) is 10.7. The van der Waals surface area contributed by atoms with Crippen molar-refractivity contribution in [2.24, 2.45) is 0 Å². The smallest absolute Gasteiger partial charge is 0.251 e. The number of nitrogens with one attached hydrogen (secondary N) is 2. The standard InChI is InChI=1S/C20H17FN2O3/c1-12-10-13-6-7-14(11-17(13)23-20(12)26)22-19(25)9-8-18(24)15-4-2-3-5-16(15)21/h2-7,10-11H,8-9H2,1H3,(H,22,25)(H,23,26). The summed E-state index contributed by atoms with van der Waals surface area (Å²) in [5, 5.41) is 3.54. The lowest BCUT2D eigenvalue weighted by atomic mass is 10.1. The summed E-state index contributed by atoms with van der Waals surface area (Å²) in [7, 11) is 0. The fourth-order valence-corrected chi connectivity index (χ4v) is 2.66. The molecule has 2 aromatic carbocycles. The number of carbonyl (C=O) groups excluding carboxylic acids is 2. The summed E-state index contributed by atoms with van der Waals surface area (Å²) < 4.78 is 13.6. The van der Waals surface area contributed by atoms with Gasteiger partial charge in [-0.2, -0.15) is 0 Å². The number of H-pyrrole nitrogens is 1. The summed E-state index contributed by atoms with van der Waals surface area (Å²) in [6.07, 6.45) is -0.147. The number of carbonyl (C=O) groups is 2.